The molecule has 0 saturated carbocycles. The SMILES string of the molecule is CC(C)Nc1nc(Cl)c(-c2cccc(Br)c2)n(CC(=O)O)c1=O. The number of aliphatic carboxylic acids is 1. The second-order valence-corrected chi connectivity index (χ2v) is 6.47. The van der Waals surface area contributed by atoms with E-state index in [1.807, 2.05) is 19.9 Å². The molecule has 0 fully saturated rings. The molecule has 0 aliphatic heterocycles. The van der Waals surface area contributed by atoms with Crippen molar-refractivity contribution in [1.82, 2.24) is 9.55 Å². The summed E-state index contributed by atoms with van der Waals surface area (Å²) in [7, 11) is 0. The van der Waals surface area contributed by atoms with Crippen molar-refractivity contribution in [3.63, 3.8) is 0 Å². The lowest BCUT2D eigenvalue weighted by atomic mass is 10.1. The Labute approximate surface area is 146 Å². The first-order chi connectivity index (χ1) is 10.8. The Balaban J connectivity index is 2.72. The topological polar surface area (TPSA) is 84.2 Å². The number of rotatable bonds is 5. The molecule has 2 aromatic rings. The number of halogens is 2. The number of nitrogens with one attached hydrogen (secondary N) is 1. The van der Waals surface area contributed by atoms with Crippen molar-refractivity contribution in [3.05, 3.63) is 44.2 Å². The van der Waals surface area contributed by atoms with Crippen LogP contribution in [0.5, 0.6) is 0 Å². The molecule has 2 N–H and O–H groups in total. The summed E-state index contributed by atoms with van der Waals surface area (Å²) < 4.78 is 1.90. The molecular weight excluding hydrogens is 386 g/mol. The van der Waals surface area contributed by atoms with Gasteiger partial charge in [-0.25, -0.2) is 4.98 Å². The minimum absolute atomic E-state index is 0.0324. The van der Waals surface area contributed by atoms with Gasteiger partial charge in [0.2, 0.25) is 0 Å². The largest absolute Gasteiger partial charge is 0.480 e. The van der Waals surface area contributed by atoms with Gasteiger partial charge in [0.1, 0.15) is 6.54 Å². The summed E-state index contributed by atoms with van der Waals surface area (Å²) >= 11 is 9.59. The first-order valence-corrected chi connectivity index (χ1v) is 8.01. The highest BCUT2D eigenvalue weighted by Crippen LogP contribution is 2.28. The van der Waals surface area contributed by atoms with E-state index in [-0.39, 0.29) is 22.7 Å². The minimum Gasteiger partial charge on any atom is -0.480 e. The van der Waals surface area contributed by atoms with E-state index in [1.165, 1.54) is 0 Å². The average molecular weight is 401 g/mol. The van der Waals surface area contributed by atoms with Crippen molar-refractivity contribution >= 4 is 39.3 Å². The van der Waals surface area contributed by atoms with Gasteiger partial charge in [0.25, 0.3) is 5.56 Å². The second-order valence-electron chi connectivity index (χ2n) is 5.19. The molecule has 0 unspecified atom stereocenters. The van der Waals surface area contributed by atoms with Crippen molar-refractivity contribution in [2.24, 2.45) is 0 Å². The molecule has 0 aliphatic rings. The van der Waals surface area contributed by atoms with E-state index >= 15 is 0 Å². The van der Waals surface area contributed by atoms with Crippen molar-refractivity contribution in [1.29, 1.82) is 0 Å². The lowest BCUT2D eigenvalue weighted by Crippen LogP contribution is -2.31. The molecular formula is C15H15BrClN3O3. The van der Waals surface area contributed by atoms with E-state index in [1.54, 1.807) is 18.2 Å². The minimum atomic E-state index is -1.14. The first kappa shape index (κ1) is 17.5. The fourth-order valence-electron chi connectivity index (χ4n) is 2.10. The fraction of sp³-hybridized carbons (Fsp3) is 0.267. The average Bonchev–Trinajstić information content (AvgIpc) is 2.43. The zero-order valence-corrected chi connectivity index (χ0v) is 14.8. The molecule has 0 saturated heterocycles. The Morgan fingerprint density at radius 3 is 2.74 bits per heavy atom. The number of carbonyl (C=O) groups is 1. The van der Waals surface area contributed by atoms with Crippen LogP contribution in [0.1, 0.15) is 13.8 Å². The Bertz CT molecular complexity index is 805. The predicted octanol–water partition coefficient (Wildman–Crippen LogP) is 3.23. The number of anilines is 1. The van der Waals surface area contributed by atoms with E-state index in [0.29, 0.717) is 5.56 Å². The van der Waals surface area contributed by atoms with Gasteiger partial charge in [-0.05, 0) is 26.0 Å². The molecule has 23 heavy (non-hydrogen) atoms. The highest BCUT2D eigenvalue weighted by atomic mass is 79.9. The maximum Gasteiger partial charge on any atom is 0.323 e. The van der Waals surface area contributed by atoms with E-state index in [9.17, 15) is 9.59 Å². The molecule has 8 heteroatoms. The number of carboxylic acids is 1. The van der Waals surface area contributed by atoms with Gasteiger partial charge in [0.15, 0.2) is 11.0 Å². The molecule has 1 aromatic carbocycles. The Kier molecular flexibility index (Phi) is 5.43. The monoisotopic (exact) mass is 399 g/mol. The first-order valence-electron chi connectivity index (χ1n) is 6.84. The van der Waals surface area contributed by atoms with Gasteiger partial charge in [0.05, 0.1) is 5.69 Å². The predicted molar refractivity (Wildman–Crippen MR) is 93.0 cm³/mol. The number of aromatic nitrogens is 2. The highest BCUT2D eigenvalue weighted by molar-refractivity contribution is 9.10. The van der Waals surface area contributed by atoms with Gasteiger partial charge in [-0.2, -0.15) is 0 Å². The van der Waals surface area contributed by atoms with Crippen LogP contribution >= 0.6 is 27.5 Å². The normalized spacial score (nSPS) is 10.8. The van der Waals surface area contributed by atoms with Gasteiger partial charge in [-0.1, -0.05) is 39.7 Å². The molecule has 1 heterocycles. The van der Waals surface area contributed by atoms with Gasteiger partial charge in [-0.3, -0.25) is 14.2 Å². The quantitative estimate of drug-likeness (QED) is 0.805. The van der Waals surface area contributed by atoms with Gasteiger partial charge in [0, 0.05) is 16.1 Å². The molecule has 0 spiro atoms. The molecule has 122 valence electrons. The van der Waals surface area contributed by atoms with Crippen molar-refractivity contribution in [2.75, 3.05) is 5.32 Å². The maximum absolute atomic E-state index is 12.6. The van der Waals surface area contributed by atoms with Crippen LogP contribution in [-0.2, 0) is 11.3 Å². The van der Waals surface area contributed by atoms with Crippen molar-refractivity contribution in [2.45, 2.75) is 26.4 Å². The standard InChI is InChI=1S/C15H15BrClN3O3/c1-8(2)18-14-15(23)20(7-11(21)22)12(13(17)19-14)9-4-3-5-10(16)6-9/h3-6,8H,7H2,1-2H3,(H,18,19)(H,21,22). The summed E-state index contributed by atoms with van der Waals surface area (Å²) in [6, 6.07) is 7.03. The lowest BCUT2D eigenvalue weighted by molar-refractivity contribution is -0.137. The molecule has 2 rings (SSSR count). The summed E-state index contributed by atoms with van der Waals surface area (Å²) in [5.74, 6) is -1.11. The summed E-state index contributed by atoms with van der Waals surface area (Å²) in [6.45, 7) is 3.19. The van der Waals surface area contributed by atoms with Crippen LogP contribution in [0, 0.1) is 0 Å². The van der Waals surface area contributed by atoms with Crippen LogP contribution in [0.2, 0.25) is 5.15 Å². The van der Waals surface area contributed by atoms with Crippen LogP contribution in [0.3, 0.4) is 0 Å². The smallest absolute Gasteiger partial charge is 0.323 e. The van der Waals surface area contributed by atoms with Crippen LogP contribution in [-0.4, -0.2) is 26.7 Å². The number of carboxylic acid groups (broad SMARTS) is 1. The van der Waals surface area contributed by atoms with Crippen LogP contribution in [0.4, 0.5) is 5.82 Å². The van der Waals surface area contributed by atoms with Crippen LogP contribution in [0.25, 0.3) is 11.3 Å². The van der Waals surface area contributed by atoms with Crippen LogP contribution in [0.15, 0.2) is 33.5 Å². The summed E-state index contributed by atoms with van der Waals surface area (Å²) in [5, 5.41) is 12.1. The highest BCUT2D eigenvalue weighted by Gasteiger charge is 2.19. The maximum atomic E-state index is 12.6. The Morgan fingerprint density at radius 1 is 1.48 bits per heavy atom. The summed E-state index contributed by atoms with van der Waals surface area (Å²) in [4.78, 5) is 27.8. The molecule has 0 amide bonds. The molecule has 0 atom stereocenters. The van der Waals surface area contributed by atoms with E-state index in [0.717, 1.165) is 9.04 Å². The van der Waals surface area contributed by atoms with Crippen molar-refractivity contribution in [3.8, 4) is 11.3 Å². The Morgan fingerprint density at radius 2 is 2.17 bits per heavy atom. The van der Waals surface area contributed by atoms with Crippen molar-refractivity contribution < 1.29 is 9.90 Å². The number of hydrogen-bond acceptors (Lipinski definition) is 4. The van der Waals surface area contributed by atoms with E-state index in [4.69, 9.17) is 16.7 Å². The Hall–Kier alpha value is -1.86. The molecule has 0 aliphatic carbocycles. The summed E-state index contributed by atoms with van der Waals surface area (Å²) in [6.07, 6.45) is 0. The molecule has 0 radical (unpaired) electrons. The van der Waals surface area contributed by atoms with E-state index < -0.39 is 18.1 Å². The lowest BCUT2D eigenvalue weighted by Gasteiger charge is -2.16. The number of benzene rings is 1. The van der Waals surface area contributed by atoms with E-state index in [2.05, 4.69) is 26.2 Å². The third kappa shape index (κ3) is 4.11. The third-order valence-electron chi connectivity index (χ3n) is 2.94. The fourth-order valence-corrected chi connectivity index (χ4v) is 2.80. The second kappa shape index (κ2) is 7.14. The number of hydrogen-bond donors (Lipinski definition) is 2. The summed E-state index contributed by atoms with van der Waals surface area (Å²) in [5.41, 5.74) is 0.349. The van der Waals surface area contributed by atoms with Gasteiger partial charge < -0.3 is 10.4 Å². The zero-order chi connectivity index (χ0) is 17.1. The van der Waals surface area contributed by atoms with Crippen LogP contribution < -0.4 is 10.9 Å². The van der Waals surface area contributed by atoms with Gasteiger partial charge in [-0.15, -0.1) is 0 Å². The molecule has 6 nitrogen and oxygen atoms in total. The van der Waals surface area contributed by atoms with Gasteiger partial charge >= 0.3 is 5.97 Å². The third-order valence-corrected chi connectivity index (χ3v) is 3.70. The zero-order valence-electron chi connectivity index (χ0n) is 12.5. The number of nitrogens with zero attached hydrogens (tertiary/aromatic N) is 2. The molecule has 0 bridgehead atoms. The molecule has 1 aromatic heterocycles.